The third kappa shape index (κ3) is 4.37. The van der Waals surface area contributed by atoms with Gasteiger partial charge in [0.1, 0.15) is 0 Å². The summed E-state index contributed by atoms with van der Waals surface area (Å²) in [6.45, 7) is 5.01. The summed E-state index contributed by atoms with van der Waals surface area (Å²) in [7, 11) is 2.13. The molecular formula is C17H26N6O. The van der Waals surface area contributed by atoms with Gasteiger partial charge in [-0.1, -0.05) is 18.2 Å². The predicted molar refractivity (Wildman–Crippen MR) is 91.7 cm³/mol. The van der Waals surface area contributed by atoms with E-state index in [1.165, 1.54) is 12.8 Å². The number of aliphatic hydroxyl groups excluding tert-OH is 1. The highest BCUT2D eigenvalue weighted by atomic mass is 16.3. The molecule has 1 aromatic heterocycles. The average molecular weight is 330 g/mol. The van der Waals surface area contributed by atoms with Crippen molar-refractivity contribution in [2.75, 3.05) is 39.8 Å². The van der Waals surface area contributed by atoms with Gasteiger partial charge in [0, 0.05) is 13.1 Å². The number of β-amino-alcohol motifs (C(OH)–C–C–N with tert-alkyl or cyclic N) is 1. The Hall–Kier alpha value is -1.83. The summed E-state index contributed by atoms with van der Waals surface area (Å²) >= 11 is 0. The third-order valence-corrected chi connectivity index (χ3v) is 4.64. The van der Waals surface area contributed by atoms with Crippen LogP contribution in [0.25, 0.3) is 5.69 Å². The van der Waals surface area contributed by atoms with Gasteiger partial charge in [0.25, 0.3) is 0 Å². The van der Waals surface area contributed by atoms with Crippen molar-refractivity contribution in [3.8, 4) is 5.69 Å². The number of tetrazole rings is 1. The second-order valence-electron chi connectivity index (χ2n) is 6.55. The van der Waals surface area contributed by atoms with Crippen LogP contribution in [0.15, 0.2) is 30.3 Å². The van der Waals surface area contributed by atoms with E-state index in [4.69, 9.17) is 5.11 Å². The molecule has 0 radical (unpaired) electrons. The van der Waals surface area contributed by atoms with Gasteiger partial charge in [-0.3, -0.25) is 4.90 Å². The molecule has 0 aliphatic carbocycles. The van der Waals surface area contributed by atoms with Gasteiger partial charge < -0.3 is 10.0 Å². The number of hydrogen-bond acceptors (Lipinski definition) is 6. The predicted octanol–water partition coefficient (Wildman–Crippen LogP) is 0.798. The van der Waals surface area contributed by atoms with Gasteiger partial charge in [0.05, 0.1) is 18.8 Å². The maximum atomic E-state index is 9.02. The molecule has 1 aliphatic heterocycles. The Morgan fingerprint density at radius 3 is 2.67 bits per heavy atom. The van der Waals surface area contributed by atoms with Gasteiger partial charge in [-0.25, -0.2) is 0 Å². The Bertz CT molecular complexity index is 609. The summed E-state index contributed by atoms with van der Waals surface area (Å²) in [5, 5.41) is 21.2. The van der Waals surface area contributed by atoms with Gasteiger partial charge in [-0.15, -0.1) is 5.10 Å². The van der Waals surface area contributed by atoms with Gasteiger partial charge in [-0.05, 0) is 61.5 Å². The summed E-state index contributed by atoms with van der Waals surface area (Å²) < 4.78 is 1.81. The van der Waals surface area contributed by atoms with Crippen molar-refractivity contribution in [3.63, 3.8) is 0 Å². The number of para-hydroxylation sites is 1. The molecule has 3 rings (SSSR count). The minimum absolute atomic E-state index is 0.257. The second-order valence-corrected chi connectivity index (χ2v) is 6.55. The number of rotatable bonds is 7. The number of nitrogens with zero attached hydrogens (tertiary/aromatic N) is 6. The van der Waals surface area contributed by atoms with E-state index >= 15 is 0 Å². The minimum atomic E-state index is 0.257. The summed E-state index contributed by atoms with van der Waals surface area (Å²) in [5.41, 5.74) is 0.989. The molecule has 0 unspecified atom stereocenters. The normalized spacial score (nSPS) is 16.8. The number of piperidine rings is 1. The summed E-state index contributed by atoms with van der Waals surface area (Å²) in [6, 6.07) is 9.99. The molecule has 24 heavy (non-hydrogen) atoms. The van der Waals surface area contributed by atoms with Crippen molar-refractivity contribution in [2.24, 2.45) is 5.92 Å². The Balaban J connectivity index is 1.53. The summed E-state index contributed by atoms with van der Waals surface area (Å²) in [6.07, 6.45) is 2.38. The lowest BCUT2D eigenvalue weighted by Gasteiger charge is -2.33. The van der Waals surface area contributed by atoms with Gasteiger partial charge in [0.2, 0.25) is 0 Å². The molecule has 1 N–H and O–H groups in total. The highest BCUT2D eigenvalue weighted by Gasteiger charge is 2.21. The van der Waals surface area contributed by atoms with E-state index in [0.717, 1.165) is 44.2 Å². The monoisotopic (exact) mass is 330 g/mol. The zero-order valence-electron chi connectivity index (χ0n) is 14.3. The van der Waals surface area contributed by atoms with Gasteiger partial charge in [-0.2, -0.15) is 4.68 Å². The van der Waals surface area contributed by atoms with Crippen LogP contribution in [0.1, 0.15) is 18.7 Å². The second kappa shape index (κ2) is 8.32. The van der Waals surface area contributed by atoms with Crippen LogP contribution >= 0.6 is 0 Å². The molecule has 0 saturated carbocycles. The first-order valence-corrected chi connectivity index (χ1v) is 8.60. The maximum absolute atomic E-state index is 9.02. The van der Waals surface area contributed by atoms with Crippen molar-refractivity contribution in [1.82, 2.24) is 30.0 Å². The quantitative estimate of drug-likeness (QED) is 0.810. The van der Waals surface area contributed by atoms with E-state index in [2.05, 4.69) is 32.4 Å². The summed E-state index contributed by atoms with van der Waals surface area (Å²) in [5.74, 6) is 1.56. The molecule has 7 heteroatoms. The number of aliphatic hydroxyl groups is 1. The lowest BCUT2D eigenvalue weighted by Crippen LogP contribution is -2.39. The number of hydrogen-bond donors (Lipinski definition) is 1. The topological polar surface area (TPSA) is 70.3 Å². The van der Waals surface area contributed by atoms with E-state index in [9.17, 15) is 0 Å². The highest BCUT2D eigenvalue weighted by molar-refractivity contribution is 5.30. The SMILES string of the molecule is CN(Cc1nnnn1-c1ccccc1)CC1CCN(CCO)CC1. The molecule has 0 atom stereocenters. The lowest BCUT2D eigenvalue weighted by atomic mass is 9.96. The fourth-order valence-corrected chi connectivity index (χ4v) is 3.35. The Kier molecular flexibility index (Phi) is 5.90. The Labute approximate surface area is 142 Å². The molecule has 2 heterocycles. The zero-order valence-corrected chi connectivity index (χ0v) is 14.3. The van der Waals surface area contributed by atoms with Crippen LogP contribution in [0.2, 0.25) is 0 Å². The summed E-state index contributed by atoms with van der Waals surface area (Å²) in [4.78, 5) is 4.64. The Morgan fingerprint density at radius 2 is 1.96 bits per heavy atom. The lowest BCUT2D eigenvalue weighted by molar-refractivity contribution is 0.128. The van der Waals surface area contributed by atoms with Crippen LogP contribution < -0.4 is 0 Å². The van der Waals surface area contributed by atoms with Crippen molar-refractivity contribution < 1.29 is 5.11 Å². The van der Waals surface area contributed by atoms with Crippen molar-refractivity contribution in [1.29, 1.82) is 0 Å². The van der Waals surface area contributed by atoms with Gasteiger partial charge in [0.15, 0.2) is 5.82 Å². The van der Waals surface area contributed by atoms with E-state index in [-0.39, 0.29) is 6.61 Å². The third-order valence-electron chi connectivity index (χ3n) is 4.64. The smallest absolute Gasteiger partial charge is 0.170 e. The molecule has 1 fully saturated rings. The first kappa shape index (κ1) is 17.0. The van der Waals surface area contributed by atoms with E-state index in [1.807, 2.05) is 30.3 Å². The maximum Gasteiger partial charge on any atom is 0.170 e. The van der Waals surface area contributed by atoms with E-state index in [0.29, 0.717) is 5.92 Å². The minimum Gasteiger partial charge on any atom is -0.395 e. The van der Waals surface area contributed by atoms with Crippen LogP contribution in [0, 0.1) is 5.92 Å². The highest BCUT2D eigenvalue weighted by Crippen LogP contribution is 2.18. The molecule has 1 aromatic carbocycles. The van der Waals surface area contributed by atoms with Crippen LogP contribution in [0.5, 0.6) is 0 Å². The molecule has 7 nitrogen and oxygen atoms in total. The van der Waals surface area contributed by atoms with Crippen LogP contribution in [-0.4, -0.2) is 74.9 Å². The fraction of sp³-hybridized carbons (Fsp3) is 0.588. The molecule has 0 amide bonds. The van der Waals surface area contributed by atoms with Crippen LogP contribution in [0.4, 0.5) is 0 Å². The fourth-order valence-electron chi connectivity index (χ4n) is 3.35. The standard InChI is InChI=1S/C17H26N6O/c1-21(13-15-7-9-22(10-8-15)11-12-24)14-17-18-19-20-23(17)16-5-3-2-4-6-16/h2-6,15,24H,7-14H2,1H3. The number of aromatic nitrogens is 4. The average Bonchev–Trinajstić information content (AvgIpc) is 3.05. The van der Waals surface area contributed by atoms with Crippen molar-refractivity contribution in [3.05, 3.63) is 36.2 Å². The van der Waals surface area contributed by atoms with Crippen LogP contribution in [-0.2, 0) is 6.54 Å². The molecule has 2 aromatic rings. The molecule has 0 spiro atoms. The Morgan fingerprint density at radius 1 is 1.21 bits per heavy atom. The van der Waals surface area contributed by atoms with E-state index < -0.39 is 0 Å². The number of benzene rings is 1. The number of likely N-dealkylation sites (tertiary alicyclic amines) is 1. The molecular weight excluding hydrogens is 304 g/mol. The molecule has 0 bridgehead atoms. The first-order valence-electron chi connectivity index (χ1n) is 8.60. The zero-order chi connectivity index (χ0) is 16.8. The van der Waals surface area contributed by atoms with Crippen molar-refractivity contribution in [2.45, 2.75) is 19.4 Å². The van der Waals surface area contributed by atoms with Crippen molar-refractivity contribution >= 4 is 0 Å². The first-order chi connectivity index (χ1) is 11.8. The van der Waals surface area contributed by atoms with Crippen LogP contribution in [0.3, 0.4) is 0 Å². The molecule has 1 saturated heterocycles. The van der Waals surface area contributed by atoms with E-state index in [1.54, 1.807) is 4.68 Å². The molecule has 130 valence electrons. The largest absolute Gasteiger partial charge is 0.395 e. The van der Waals surface area contributed by atoms with Gasteiger partial charge >= 0.3 is 0 Å². The molecule has 1 aliphatic rings.